The van der Waals surface area contributed by atoms with Gasteiger partial charge in [0.15, 0.2) is 17.3 Å². The highest BCUT2D eigenvalue weighted by molar-refractivity contribution is 6.03. The van der Waals surface area contributed by atoms with Crippen molar-refractivity contribution in [3.8, 4) is 11.5 Å². The Morgan fingerprint density at radius 3 is 2.83 bits per heavy atom. The number of carbonyl (C=O) groups is 2. The molecule has 9 nitrogen and oxygen atoms in total. The zero-order valence-electron chi connectivity index (χ0n) is 16.7. The number of likely N-dealkylation sites (N-methyl/N-ethyl adjacent to an activating group) is 1. The summed E-state index contributed by atoms with van der Waals surface area (Å²) < 4.78 is 12.5. The lowest BCUT2D eigenvalue weighted by atomic mass is 10.1. The molecular formula is C20H25N5O4. The van der Waals surface area contributed by atoms with E-state index in [9.17, 15) is 9.59 Å². The molecule has 0 saturated carbocycles. The summed E-state index contributed by atoms with van der Waals surface area (Å²) in [5.41, 5.74) is 1.76. The normalized spacial score (nSPS) is 14.6. The van der Waals surface area contributed by atoms with E-state index < -0.39 is 0 Å². The molecule has 0 spiro atoms. The van der Waals surface area contributed by atoms with Crippen LogP contribution in [0.3, 0.4) is 0 Å². The van der Waals surface area contributed by atoms with Gasteiger partial charge in [0.25, 0.3) is 11.8 Å². The first-order valence-electron chi connectivity index (χ1n) is 9.76. The highest BCUT2D eigenvalue weighted by atomic mass is 16.7. The first-order valence-corrected chi connectivity index (χ1v) is 9.76. The molecule has 1 aromatic heterocycles. The fourth-order valence-corrected chi connectivity index (χ4v) is 3.54. The monoisotopic (exact) mass is 399 g/mol. The van der Waals surface area contributed by atoms with Gasteiger partial charge in [-0.3, -0.25) is 9.59 Å². The second kappa shape index (κ2) is 8.12. The van der Waals surface area contributed by atoms with E-state index in [2.05, 4.69) is 15.6 Å². The van der Waals surface area contributed by atoms with Gasteiger partial charge in [-0.15, -0.1) is 0 Å². The maximum Gasteiger partial charge on any atom is 0.291 e. The number of amides is 2. The molecule has 2 aliphatic heterocycles. The maximum atomic E-state index is 12.9. The van der Waals surface area contributed by atoms with Gasteiger partial charge in [0, 0.05) is 31.4 Å². The summed E-state index contributed by atoms with van der Waals surface area (Å²) in [6, 6.07) is 5.22. The molecule has 2 aromatic rings. The summed E-state index contributed by atoms with van der Waals surface area (Å²) in [4.78, 5) is 32.0. The van der Waals surface area contributed by atoms with Crippen molar-refractivity contribution >= 4 is 17.5 Å². The number of nitrogens with zero attached hydrogens (tertiary/aromatic N) is 3. The lowest BCUT2D eigenvalue weighted by Gasteiger charge is -2.17. The molecule has 0 radical (unpaired) electrons. The minimum Gasteiger partial charge on any atom is -0.454 e. The van der Waals surface area contributed by atoms with Crippen LogP contribution < -0.4 is 20.1 Å². The lowest BCUT2D eigenvalue weighted by molar-refractivity contribution is 0.0945. The predicted molar refractivity (Wildman–Crippen MR) is 107 cm³/mol. The molecule has 0 fully saturated rings. The van der Waals surface area contributed by atoms with E-state index in [-0.39, 0.29) is 24.4 Å². The van der Waals surface area contributed by atoms with Crippen LogP contribution in [-0.2, 0) is 13.0 Å². The molecule has 29 heavy (non-hydrogen) atoms. The highest BCUT2D eigenvalue weighted by Gasteiger charge is 2.27. The van der Waals surface area contributed by atoms with Crippen molar-refractivity contribution in [2.75, 3.05) is 39.3 Å². The van der Waals surface area contributed by atoms with Gasteiger partial charge < -0.3 is 29.6 Å². The summed E-state index contributed by atoms with van der Waals surface area (Å²) in [7, 11) is 3.90. The average Bonchev–Trinajstić information content (AvgIpc) is 3.32. The van der Waals surface area contributed by atoms with Crippen LogP contribution in [0, 0.1) is 0 Å². The number of rotatable bonds is 6. The van der Waals surface area contributed by atoms with Gasteiger partial charge in [-0.25, -0.2) is 4.98 Å². The van der Waals surface area contributed by atoms with Crippen LogP contribution in [0.25, 0.3) is 0 Å². The standard InChI is InChI=1S/C20H25N5O4/c1-24(2)10-8-21-19(26)17-14-5-3-4-9-25(14)18(23-17)20(27)22-13-6-7-15-16(11-13)29-12-28-15/h6-7,11H,3-5,8-10,12H2,1-2H3,(H,21,26)(H,22,27). The summed E-state index contributed by atoms with van der Waals surface area (Å²) in [6.45, 7) is 2.11. The Labute approximate surface area is 169 Å². The van der Waals surface area contributed by atoms with E-state index in [1.807, 2.05) is 23.6 Å². The maximum absolute atomic E-state index is 12.9. The van der Waals surface area contributed by atoms with Crippen molar-refractivity contribution in [2.24, 2.45) is 0 Å². The van der Waals surface area contributed by atoms with E-state index in [4.69, 9.17) is 9.47 Å². The van der Waals surface area contributed by atoms with E-state index in [0.717, 1.165) is 31.5 Å². The van der Waals surface area contributed by atoms with Gasteiger partial charge in [-0.05, 0) is 45.5 Å². The molecule has 0 atom stereocenters. The second-order valence-electron chi connectivity index (χ2n) is 7.42. The zero-order valence-corrected chi connectivity index (χ0v) is 16.7. The summed E-state index contributed by atoms with van der Waals surface area (Å²) in [6.07, 6.45) is 2.67. The number of nitrogens with one attached hydrogen (secondary N) is 2. The van der Waals surface area contributed by atoms with Gasteiger partial charge in [0.2, 0.25) is 6.79 Å². The third kappa shape index (κ3) is 4.04. The topological polar surface area (TPSA) is 97.7 Å². The summed E-state index contributed by atoms with van der Waals surface area (Å²) in [5.74, 6) is 0.917. The SMILES string of the molecule is CN(C)CCNC(=O)c1nc(C(=O)Nc2ccc3c(c2)OCO3)n2c1CCCC2. The average molecular weight is 399 g/mol. The predicted octanol–water partition coefficient (Wildman–Crippen LogP) is 1.49. The van der Waals surface area contributed by atoms with E-state index in [0.29, 0.717) is 36.0 Å². The Balaban J connectivity index is 1.54. The van der Waals surface area contributed by atoms with E-state index >= 15 is 0 Å². The van der Waals surface area contributed by atoms with Crippen molar-refractivity contribution in [3.05, 3.63) is 35.4 Å². The number of carbonyl (C=O) groups excluding carboxylic acids is 2. The Kier molecular flexibility index (Phi) is 5.39. The van der Waals surface area contributed by atoms with Crippen molar-refractivity contribution < 1.29 is 19.1 Å². The van der Waals surface area contributed by atoms with Crippen LogP contribution in [0.15, 0.2) is 18.2 Å². The van der Waals surface area contributed by atoms with Gasteiger partial charge in [-0.1, -0.05) is 0 Å². The Bertz CT molecular complexity index is 937. The number of fused-ring (bicyclic) bond motifs is 2. The second-order valence-corrected chi connectivity index (χ2v) is 7.42. The van der Waals surface area contributed by atoms with Crippen LogP contribution in [0.1, 0.15) is 39.6 Å². The van der Waals surface area contributed by atoms with Crippen LogP contribution >= 0.6 is 0 Å². The molecule has 4 rings (SSSR count). The highest BCUT2D eigenvalue weighted by Crippen LogP contribution is 2.34. The van der Waals surface area contributed by atoms with Crippen LogP contribution in [0.5, 0.6) is 11.5 Å². The lowest BCUT2D eigenvalue weighted by Crippen LogP contribution is -2.32. The first-order chi connectivity index (χ1) is 14.0. The molecular weight excluding hydrogens is 374 g/mol. The molecule has 154 valence electrons. The van der Waals surface area contributed by atoms with Crippen molar-refractivity contribution in [3.63, 3.8) is 0 Å². The van der Waals surface area contributed by atoms with Gasteiger partial charge in [-0.2, -0.15) is 0 Å². The summed E-state index contributed by atoms with van der Waals surface area (Å²) in [5, 5.41) is 5.74. The minimum absolute atomic E-state index is 0.173. The molecule has 0 aliphatic carbocycles. The van der Waals surface area contributed by atoms with Gasteiger partial charge in [0.05, 0.1) is 5.69 Å². The smallest absolute Gasteiger partial charge is 0.291 e. The number of imidazole rings is 1. The fraction of sp³-hybridized carbons (Fsp3) is 0.450. The molecule has 0 saturated heterocycles. The Morgan fingerprint density at radius 2 is 2.00 bits per heavy atom. The number of ether oxygens (including phenoxy) is 2. The molecule has 0 bridgehead atoms. The number of anilines is 1. The minimum atomic E-state index is -0.348. The molecule has 2 N–H and O–H groups in total. The third-order valence-electron chi connectivity index (χ3n) is 5.01. The quantitative estimate of drug-likeness (QED) is 0.764. The van der Waals surface area contributed by atoms with E-state index in [1.165, 1.54) is 0 Å². The molecule has 3 heterocycles. The zero-order chi connectivity index (χ0) is 20.4. The van der Waals surface area contributed by atoms with Crippen molar-refractivity contribution in [1.82, 2.24) is 19.8 Å². The molecule has 2 amide bonds. The number of hydrogen-bond acceptors (Lipinski definition) is 6. The number of hydrogen-bond donors (Lipinski definition) is 2. The largest absolute Gasteiger partial charge is 0.454 e. The molecule has 0 unspecified atom stereocenters. The Morgan fingerprint density at radius 1 is 1.17 bits per heavy atom. The van der Waals surface area contributed by atoms with Gasteiger partial charge in [0.1, 0.15) is 5.69 Å². The van der Waals surface area contributed by atoms with E-state index in [1.54, 1.807) is 18.2 Å². The van der Waals surface area contributed by atoms with Crippen LogP contribution in [0.4, 0.5) is 5.69 Å². The third-order valence-corrected chi connectivity index (χ3v) is 5.01. The van der Waals surface area contributed by atoms with Crippen molar-refractivity contribution in [2.45, 2.75) is 25.8 Å². The van der Waals surface area contributed by atoms with Crippen molar-refractivity contribution in [1.29, 1.82) is 0 Å². The molecule has 1 aromatic carbocycles. The fourth-order valence-electron chi connectivity index (χ4n) is 3.54. The number of aromatic nitrogens is 2. The van der Waals surface area contributed by atoms with Crippen LogP contribution in [0.2, 0.25) is 0 Å². The number of benzene rings is 1. The van der Waals surface area contributed by atoms with Crippen LogP contribution in [-0.4, -0.2) is 60.2 Å². The van der Waals surface area contributed by atoms with Gasteiger partial charge >= 0.3 is 0 Å². The molecule has 2 aliphatic rings. The molecule has 9 heteroatoms. The summed E-state index contributed by atoms with van der Waals surface area (Å²) >= 11 is 0. The first kappa shape index (κ1) is 19.3. The Hall–Kier alpha value is -3.07.